The third-order valence-electron chi connectivity index (χ3n) is 2.69. The van der Waals surface area contributed by atoms with E-state index in [1.165, 1.54) is 18.2 Å². The Morgan fingerprint density at radius 2 is 1.88 bits per heavy atom. The summed E-state index contributed by atoms with van der Waals surface area (Å²) in [6.45, 7) is 0. The van der Waals surface area contributed by atoms with E-state index in [-0.39, 0.29) is 11.5 Å². The molecule has 17 heavy (non-hydrogen) atoms. The molecule has 0 aliphatic rings. The third kappa shape index (κ3) is 2.96. The van der Waals surface area contributed by atoms with Gasteiger partial charge in [-0.15, -0.1) is 0 Å². The van der Waals surface area contributed by atoms with Crippen LogP contribution in [-0.2, 0) is 4.79 Å². The van der Waals surface area contributed by atoms with Gasteiger partial charge in [0.15, 0.2) is 11.5 Å². The van der Waals surface area contributed by atoms with Gasteiger partial charge in [-0.2, -0.15) is 0 Å². The Kier molecular flexibility index (Phi) is 4.10. The van der Waals surface area contributed by atoms with Gasteiger partial charge in [0, 0.05) is 15.8 Å². The zero-order chi connectivity index (χ0) is 13.2. The summed E-state index contributed by atoms with van der Waals surface area (Å²) in [6, 6.07) is 2.69. The minimum absolute atomic E-state index is 0.298. The molecule has 94 valence electrons. The lowest BCUT2D eigenvalue weighted by atomic mass is 10.0. The summed E-state index contributed by atoms with van der Waals surface area (Å²) in [5.41, 5.74) is 5.17. The van der Waals surface area contributed by atoms with E-state index in [0.717, 1.165) is 0 Å². The maximum absolute atomic E-state index is 10.7. The quantitative estimate of drug-likeness (QED) is 0.337. The first-order chi connectivity index (χ1) is 7.84. The Labute approximate surface area is 101 Å². The van der Waals surface area contributed by atoms with Crippen LogP contribution in [0, 0.1) is 0 Å². The maximum Gasteiger partial charge on any atom is 0.320 e. The van der Waals surface area contributed by atoms with Gasteiger partial charge in [-0.1, -0.05) is 6.07 Å². The minimum atomic E-state index is -1.17. The number of aromatic hydroxyl groups is 2. The van der Waals surface area contributed by atoms with Crippen molar-refractivity contribution in [2.24, 2.45) is 5.73 Å². The third-order valence-corrected chi connectivity index (χ3v) is 4.04. The Morgan fingerprint density at radius 3 is 2.35 bits per heavy atom. The molecule has 1 aromatic carbocycles. The van der Waals surface area contributed by atoms with Gasteiger partial charge in [-0.25, -0.2) is 0 Å². The summed E-state index contributed by atoms with van der Waals surface area (Å²) in [5.74, 6) is -1.83. The number of phenols is 2. The molecule has 1 rings (SSSR count). The molecular formula is C10H15NO5Si. The van der Waals surface area contributed by atoms with Crippen LogP contribution in [0.2, 0.25) is 5.54 Å². The summed E-state index contributed by atoms with van der Waals surface area (Å²) in [4.78, 5) is 10.7. The molecule has 0 radical (unpaired) electrons. The van der Waals surface area contributed by atoms with Gasteiger partial charge in [-0.05, 0) is 17.7 Å². The topological polar surface area (TPSA) is 124 Å². The molecule has 0 fully saturated rings. The van der Waals surface area contributed by atoms with Crippen molar-refractivity contribution in [3.05, 3.63) is 23.8 Å². The van der Waals surface area contributed by atoms with E-state index in [1.54, 1.807) is 0 Å². The molecule has 1 unspecified atom stereocenters. The highest BCUT2D eigenvalue weighted by Gasteiger charge is 2.27. The van der Waals surface area contributed by atoms with Crippen LogP contribution >= 0.6 is 0 Å². The smallest absolute Gasteiger partial charge is 0.320 e. The lowest BCUT2D eigenvalue weighted by Gasteiger charge is -2.22. The number of aliphatic hydroxyl groups excluding tert-OH is 1. The summed E-state index contributed by atoms with van der Waals surface area (Å²) in [7, 11) is 0.386. The number of carboxylic acid groups (broad SMARTS) is 1. The molecular weight excluding hydrogens is 242 g/mol. The number of nitrogens with two attached hydrogens (primary N) is 1. The predicted octanol–water partition coefficient (Wildman–Crippen LogP) is -1.30. The van der Waals surface area contributed by atoms with E-state index in [4.69, 9.17) is 15.9 Å². The van der Waals surface area contributed by atoms with Crippen LogP contribution in [-0.4, -0.2) is 42.7 Å². The van der Waals surface area contributed by atoms with Crippen molar-refractivity contribution in [3.63, 3.8) is 0 Å². The standard InChI is InChI=1S/C10H15NO5Si/c11-7(10(15)16)9(17)8(14)4-1-2-5(12)6(13)3-4/h1-3,7-9,12-14H,11H2,17H3,(H,15,16)/t7-,8+,9?/m0/s1. The molecule has 0 spiro atoms. The van der Waals surface area contributed by atoms with Crippen molar-refractivity contribution in [2.45, 2.75) is 17.7 Å². The van der Waals surface area contributed by atoms with Crippen molar-refractivity contribution in [1.82, 2.24) is 0 Å². The highest BCUT2D eigenvalue weighted by atomic mass is 28.1. The van der Waals surface area contributed by atoms with Crippen LogP contribution in [0.25, 0.3) is 0 Å². The average molecular weight is 257 g/mol. The highest BCUT2D eigenvalue weighted by molar-refractivity contribution is 6.14. The second kappa shape index (κ2) is 5.17. The predicted molar refractivity (Wildman–Crippen MR) is 64.0 cm³/mol. The van der Waals surface area contributed by atoms with E-state index >= 15 is 0 Å². The Hall–Kier alpha value is -1.57. The number of phenolic OH excluding ortho intramolecular Hbond substituents is 2. The number of carbonyl (C=O) groups is 1. The first kappa shape index (κ1) is 13.5. The first-order valence-corrected chi connectivity index (χ1v) is 6.18. The number of aliphatic carboxylic acids is 1. The van der Waals surface area contributed by atoms with Gasteiger partial charge < -0.3 is 26.2 Å². The van der Waals surface area contributed by atoms with Crippen molar-refractivity contribution in [2.75, 3.05) is 0 Å². The molecule has 1 aromatic rings. The summed E-state index contributed by atoms with van der Waals surface area (Å²) < 4.78 is 0. The monoisotopic (exact) mass is 257 g/mol. The van der Waals surface area contributed by atoms with Gasteiger partial charge >= 0.3 is 5.97 Å². The van der Waals surface area contributed by atoms with Crippen LogP contribution in [0.5, 0.6) is 11.5 Å². The Morgan fingerprint density at radius 1 is 1.29 bits per heavy atom. The second-order valence-corrected chi connectivity index (χ2v) is 5.25. The van der Waals surface area contributed by atoms with Crippen molar-refractivity contribution >= 4 is 16.2 Å². The second-order valence-electron chi connectivity index (χ2n) is 3.92. The number of rotatable bonds is 4. The van der Waals surface area contributed by atoms with E-state index in [2.05, 4.69) is 0 Å². The summed E-state index contributed by atoms with van der Waals surface area (Å²) in [5, 5.41) is 37.1. The molecule has 0 amide bonds. The highest BCUT2D eigenvalue weighted by Crippen LogP contribution is 2.32. The van der Waals surface area contributed by atoms with Gasteiger partial charge in [0.1, 0.15) is 6.04 Å². The van der Waals surface area contributed by atoms with Crippen LogP contribution in [0.1, 0.15) is 11.7 Å². The molecule has 0 bridgehead atoms. The number of hydrogen-bond acceptors (Lipinski definition) is 5. The van der Waals surface area contributed by atoms with E-state index in [0.29, 0.717) is 15.8 Å². The lowest BCUT2D eigenvalue weighted by molar-refractivity contribution is -0.139. The number of hydrogen-bond donors (Lipinski definition) is 5. The normalized spacial score (nSPS) is 16.4. The lowest BCUT2D eigenvalue weighted by Crippen LogP contribution is -2.37. The zero-order valence-electron chi connectivity index (χ0n) is 9.24. The molecule has 0 saturated carbocycles. The van der Waals surface area contributed by atoms with Crippen molar-refractivity contribution in [3.8, 4) is 11.5 Å². The van der Waals surface area contributed by atoms with Crippen LogP contribution in [0.15, 0.2) is 18.2 Å². The first-order valence-electron chi connectivity index (χ1n) is 5.03. The van der Waals surface area contributed by atoms with Gasteiger partial charge in [0.05, 0.1) is 6.10 Å². The Bertz CT molecular complexity index is 425. The average Bonchev–Trinajstić information content (AvgIpc) is 2.29. The summed E-state index contributed by atoms with van der Waals surface area (Å²) in [6.07, 6.45) is -1.07. The Balaban J connectivity index is 2.92. The van der Waals surface area contributed by atoms with E-state index in [9.17, 15) is 15.0 Å². The summed E-state index contributed by atoms with van der Waals surface area (Å²) >= 11 is 0. The molecule has 6 N–H and O–H groups in total. The molecule has 7 heteroatoms. The number of carboxylic acids is 1. The van der Waals surface area contributed by atoms with Gasteiger partial charge in [0.25, 0.3) is 0 Å². The van der Waals surface area contributed by atoms with E-state index < -0.39 is 23.7 Å². The molecule has 0 aromatic heterocycles. The molecule has 6 nitrogen and oxygen atoms in total. The minimum Gasteiger partial charge on any atom is -0.504 e. The van der Waals surface area contributed by atoms with Crippen molar-refractivity contribution < 1.29 is 25.2 Å². The van der Waals surface area contributed by atoms with Gasteiger partial charge in [-0.3, -0.25) is 4.79 Å². The van der Waals surface area contributed by atoms with Crippen LogP contribution in [0.3, 0.4) is 0 Å². The fourth-order valence-electron chi connectivity index (χ4n) is 1.45. The van der Waals surface area contributed by atoms with Crippen LogP contribution < -0.4 is 5.73 Å². The molecule has 3 atom stereocenters. The zero-order valence-corrected chi connectivity index (χ0v) is 11.2. The van der Waals surface area contributed by atoms with Crippen LogP contribution in [0.4, 0.5) is 0 Å². The molecule has 0 aliphatic carbocycles. The number of aliphatic hydroxyl groups is 1. The van der Waals surface area contributed by atoms with E-state index in [1.807, 2.05) is 0 Å². The fraction of sp³-hybridized carbons (Fsp3) is 0.300. The maximum atomic E-state index is 10.7. The van der Waals surface area contributed by atoms with Crippen molar-refractivity contribution in [1.29, 1.82) is 0 Å². The number of benzene rings is 1. The fourth-order valence-corrected chi connectivity index (χ4v) is 2.12. The largest absolute Gasteiger partial charge is 0.504 e. The molecule has 0 saturated heterocycles. The molecule has 0 heterocycles. The molecule has 0 aliphatic heterocycles. The SMILES string of the molecule is N[C@H](C(=O)O)C([SiH3])[C@H](O)c1ccc(O)c(O)c1. The van der Waals surface area contributed by atoms with Gasteiger partial charge in [0.2, 0.25) is 0 Å².